The second kappa shape index (κ2) is 5.92. The average molecular weight is 272 g/mol. The van der Waals surface area contributed by atoms with Crippen LogP contribution in [0.15, 0.2) is 30.3 Å². The van der Waals surface area contributed by atoms with Crippen molar-refractivity contribution in [3.05, 3.63) is 35.9 Å². The highest BCUT2D eigenvalue weighted by molar-refractivity contribution is 5.20. The molecule has 19 heavy (non-hydrogen) atoms. The third-order valence-electron chi connectivity index (χ3n) is 3.68. The van der Waals surface area contributed by atoms with Crippen molar-refractivity contribution in [2.75, 3.05) is 20.1 Å². The van der Waals surface area contributed by atoms with Gasteiger partial charge in [0.25, 0.3) is 0 Å². The van der Waals surface area contributed by atoms with Gasteiger partial charge in [-0.25, -0.2) is 0 Å². The zero-order valence-electron chi connectivity index (χ0n) is 11.0. The van der Waals surface area contributed by atoms with E-state index in [0.717, 1.165) is 19.4 Å². The van der Waals surface area contributed by atoms with E-state index >= 15 is 0 Å². The summed E-state index contributed by atoms with van der Waals surface area (Å²) < 4.78 is 40.0. The average Bonchev–Trinajstić information content (AvgIpc) is 2.39. The summed E-state index contributed by atoms with van der Waals surface area (Å²) in [6.45, 7) is 1.52. The maximum Gasteiger partial charge on any atom is 0.408 e. The van der Waals surface area contributed by atoms with Crippen LogP contribution in [-0.2, 0) is 0 Å². The van der Waals surface area contributed by atoms with Crippen LogP contribution in [-0.4, -0.2) is 37.3 Å². The van der Waals surface area contributed by atoms with Gasteiger partial charge in [0.05, 0.1) is 0 Å². The molecule has 0 aromatic heterocycles. The third kappa shape index (κ3) is 3.48. The van der Waals surface area contributed by atoms with E-state index in [2.05, 4.69) is 5.32 Å². The third-order valence-corrected chi connectivity index (χ3v) is 3.68. The number of likely N-dealkylation sites (N-methyl/N-ethyl adjacent to an activating group) is 1. The summed E-state index contributed by atoms with van der Waals surface area (Å²) in [5, 5.41) is 3.16. The molecule has 0 aliphatic carbocycles. The molecule has 0 amide bonds. The van der Waals surface area contributed by atoms with Crippen LogP contribution in [0.1, 0.15) is 24.4 Å². The first-order valence-electron chi connectivity index (χ1n) is 6.54. The summed E-state index contributed by atoms with van der Waals surface area (Å²) in [6.07, 6.45) is -2.52. The standard InChI is InChI=1S/C14H19F3N2/c1-19(12-8-5-9-18-10-12)13(14(15,16)17)11-6-3-2-4-7-11/h2-4,6-7,12-13,18H,5,8-10H2,1H3. The molecule has 2 atom stereocenters. The molecule has 2 unspecified atom stereocenters. The first kappa shape index (κ1) is 14.3. The SMILES string of the molecule is CN(C1CCCNC1)C(c1ccccc1)C(F)(F)F. The number of benzene rings is 1. The molecular formula is C14H19F3N2. The highest BCUT2D eigenvalue weighted by Gasteiger charge is 2.45. The fourth-order valence-corrected chi connectivity index (χ4v) is 2.68. The quantitative estimate of drug-likeness (QED) is 0.910. The molecule has 0 spiro atoms. The Labute approximate surface area is 111 Å². The Morgan fingerprint density at radius 1 is 1.26 bits per heavy atom. The smallest absolute Gasteiger partial charge is 0.315 e. The summed E-state index contributed by atoms with van der Waals surface area (Å²) in [7, 11) is 1.57. The van der Waals surface area contributed by atoms with E-state index in [4.69, 9.17) is 0 Å². The molecule has 1 heterocycles. The van der Waals surface area contributed by atoms with Gasteiger partial charge in [-0.15, -0.1) is 0 Å². The topological polar surface area (TPSA) is 15.3 Å². The Balaban J connectivity index is 2.23. The number of hydrogen-bond donors (Lipinski definition) is 1. The fraction of sp³-hybridized carbons (Fsp3) is 0.571. The highest BCUT2D eigenvalue weighted by atomic mass is 19.4. The van der Waals surface area contributed by atoms with Crippen molar-refractivity contribution in [3.63, 3.8) is 0 Å². The van der Waals surface area contributed by atoms with Crippen LogP contribution < -0.4 is 5.32 Å². The van der Waals surface area contributed by atoms with Gasteiger partial charge in [0.2, 0.25) is 0 Å². The van der Waals surface area contributed by atoms with E-state index in [0.29, 0.717) is 12.1 Å². The number of alkyl halides is 3. The minimum absolute atomic E-state index is 0.0689. The van der Waals surface area contributed by atoms with Gasteiger partial charge in [0, 0.05) is 12.6 Å². The van der Waals surface area contributed by atoms with Crippen molar-refractivity contribution in [3.8, 4) is 0 Å². The van der Waals surface area contributed by atoms with E-state index < -0.39 is 12.2 Å². The summed E-state index contributed by atoms with van der Waals surface area (Å²) in [4.78, 5) is 1.46. The number of piperidine rings is 1. The van der Waals surface area contributed by atoms with Gasteiger partial charge in [0.15, 0.2) is 0 Å². The van der Waals surface area contributed by atoms with Crippen molar-refractivity contribution in [1.29, 1.82) is 0 Å². The normalized spacial score (nSPS) is 22.5. The van der Waals surface area contributed by atoms with Crippen LogP contribution in [0.3, 0.4) is 0 Å². The minimum atomic E-state index is -4.26. The van der Waals surface area contributed by atoms with Crippen molar-refractivity contribution in [2.45, 2.75) is 31.1 Å². The molecule has 1 N–H and O–H groups in total. The molecule has 2 nitrogen and oxygen atoms in total. The fourth-order valence-electron chi connectivity index (χ4n) is 2.68. The zero-order chi connectivity index (χ0) is 13.9. The van der Waals surface area contributed by atoms with Crippen LogP contribution in [0.2, 0.25) is 0 Å². The lowest BCUT2D eigenvalue weighted by molar-refractivity contribution is -0.189. The lowest BCUT2D eigenvalue weighted by Gasteiger charge is -2.38. The summed E-state index contributed by atoms with van der Waals surface area (Å²) in [6, 6.07) is 6.54. The lowest BCUT2D eigenvalue weighted by Crippen LogP contribution is -2.49. The van der Waals surface area contributed by atoms with Crippen LogP contribution in [0, 0.1) is 0 Å². The van der Waals surface area contributed by atoms with Gasteiger partial charge in [-0.05, 0) is 32.0 Å². The van der Waals surface area contributed by atoms with Crippen LogP contribution in [0.5, 0.6) is 0 Å². The molecule has 0 bridgehead atoms. The monoisotopic (exact) mass is 272 g/mol. The van der Waals surface area contributed by atoms with Gasteiger partial charge in [-0.3, -0.25) is 4.90 Å². The molecule has 0 saturated carbocycles. The van der Waals surface area contributed by atoms with E-state index in [-0.39, 0.29) is 6.04 Å². The molecule has 1 aliphatic heterocycles. The van der Waals surface area contributed by atoms with E-state index in [1.807, 2.05) is 0 Å². The maximum atomic E-state index is 13.3. The largest absolute Gasteiger partial charge is 0.408 e. The molecule has 106 valence electrons. The molecular weight excluding hydrogens is 253 g/mol. The maximum absolute atomic E-state index is 13.3. The molecule has 1 fully saturated rings. The summed E-state index contributed by atoms with van der Waals surface area (Å²) in [5.74, 6) is 0. The molecule has 1 aromatic carbocycles. The Morgan fingerprint density at radius 3 is 2.47 bits per heavy atom. The highest BCUT2D eigenvalue weighted by Crippen LogP contribution is 2.38. The first-order valence-corrected chi connectivity index (χ1v) is 6.54. The Morgan fingerprint density at radius 2 is 1.95 bits per heavy atom. The van der Waals surface area contributed by atoms with Crippen LogP contribution in [0.4, 0.5) is 13.2 Å². The zero-order valence-corrected chi connectivity index (χ0v) is 11.0. The minimum Gasteiger partial charge on any atom is -0.315 e. The van der Waals surface area contributed by atoms with E-state index in [1.165, 1.54) is 4.90 Å². The Bertz CT molecular complexity index is 385. The summed E-state index contributed by atoms with van der Waals surface area (Å²) in [5.41, 5.74) is 0.308. The Hall–Kier alpha value is -1.07. The lowest BCUT2D eigenvalue weighted by atomic mass is 10.00. The van der Waals surface area contributed by atoms with Crippen LogP contribution >= 0.6 is 0 Å². The van der Waals surface area contributed by atoms with Crippen LogP contribution in [0.25, 0.3) is 0 Å². The molecule has 1 aliphatic rings. The first-order chi connectivity index (χ1) is 9.00. The molecule has 5 heteroatoms. The number of nitrogens with one attached hydrogen (secondary N) is 1. The summed E-state index contributed by atoms with van der Waals surface area (Å²) >= 11 is 0. The number of halogens is 3. The van der Waals surface area contributed by atoms with Crippen molar-refractivity contribution in [1.82, 2.24) is 10.2 Å². The van der Waals surface area contributed by atoms with Crippen molar-refractivity contribution >= 4 is 0 Å². The number of hydrogen-bond acceptors (Lipinski definition) is 2. The van der Waals surface area contributed by atoms with Gasteiger partial charge in [-0.1, -0.05) is 30.3 Å². The number of rotatable bonds is 3. The Kier molecular flexibility index (Phi) is 4.47. The van der Waals surface area contributed by atoms with Gasteiger partial charge in [-0.2, -0.15) is 13.2 Å². The van der Waals surface area contributed by atoms with Gasteiger partial charge < -0.3 is 5.32 Å². The van der Waals surface area contributed by atoms with Gasteiger partial charge in [0.1, 0.15) is 6.04 Å². The molecule has 1 saturated heterocycles. The molecule has 2 rings (SSSR count). The van der Waals surface area contributed by atoms with Crippen molar-refractivity contribution in [2.24, 2.45) is 0 Å². The van der Waals surface area contributed by atoms with E-state index in [1.54, 1.807) is 37.4 Å². The van der Waals surface area contributed by atoms with Gasteiger partial charge >= 0.3 is 6.18 Å². The number of nitrogens with zero attached hydrogens (tertiary/aromatic N) is 1. The van der Waals surface area contributed by atoms with Crippen molar-refractivity contribution < 1.29 is 13.2 Å². The molecule has 1 aromatic rings. The second-order valence-electron chi connectivity index (χ2n) is 5.02. The van der Waals surface area contributed by atoms with E-state index in [9.17, 15) is 13.2 Å². The molecule has 0 radical (unpaired) electrons. The second-order valence-corrected chi connectivity index (χ2v) is 5.02. The predicted octanol–water partition coefficient (Wildman–Crippen LogP) is 2.97. The predicted molar refractivity (Wildman–Crippen MR) is 68.9 cm³/mol.